The second-order valence-electron chi connectivity index (χ2n) is 5.13. The molecule has 0 spiro atoms. The quantitative estimate of drug-likeness (QED) is 0.884. The van der Waals surface area contributed by atoms with Crippen LogP contribution in [-0.4, -0.2) is 26.9 Å². The van der Waals surface area contributed by atoms with Crippen LogP contribution >= 0.6 is 0 Å². The van der Waals surface area contributed by atoms with Gasteiger partial charge in [-0.25, -0.2) is 0 Å². The highest BCUT2D eigenvalue weighted by Crippen LogP contribution is 2.33. The average Bonchev–Trinajstić information content (AvgIpc) is 2.60. The van der Waals surface area contributed by atoms with Crippen molar-refractivity contribution in [1.82, 2.24) is 0 Å². The molecule has 1 aliphatic rings. The van der Waals surface area contributed by atoms with Crippen molar-refractivity contribution in [2.45, 2.75) is 13.5 Å². The van der Waals surface area contributed by atoms with Crippen LogP contribution in [0.25, 0.3) is 0 Å². The molecular weight excluding hydrogens is 294 g/mol. The number of ether oxygens (including phenoxy) is 4. The van der Waals surface area contributed by atoms with Crippen LogP contribution in [0.3, 0.4) is 0 Å². The number of rotatable bonds is 6. The van der Waals surface area contributed by atoms with Crippen molar-refractivity contribution >= 4 is 5.69 Å². The van der Waals surface area contributed by atoms with Crippen LogP contribution in [0.1, 0.15) is 12.5 Å². The molecule has 0 saturated heterocycles. The van der Waals surface area contributed by atoms with E-state index in [9.17, 15) is 0 Å². The van der Waals surface area contributed by atoms with Gasteiger partial charge in [0.25, 0.3) is 0 Å². The van der Waals surface area contributed by atoms with Crippen molar-refractivity contribution in [3.63, 3.8) is 0 Å². The van der Waals surface area contributed by atoms with Crippen LogP contribution in [0.15, 0.2) is 36.4 Å². The maximum absolute atomic E-state index is 5.61. The Hall–Kier alpha value is -2.56. The number of benzene rings is 2. The van der Waals surface area contributed by atoms with Gasteiger partial charge in [0.2, 0.25) is 0 Å². The lowest BCUT2D eigenvalue weighted by Gasteiger charge is -2.19. The van der Waals surface area contributed by atoms with E-state index in [1.54, 1.807) is 7.11 Å². The van der Waals surface area contributed by atoms with Gasteiger partial charge in [-0.15, -0.1) is 0 Å². The summed E-state index contributed by atoms with van der Waals surface area (Å²) in [6.07, 6.45) is 0. The molecule has 1 heterocycles. The second kappa shape index (κ2) is 7.13. The van der Waals surface area contributed by atoms with Gasteiger partial charge in [0.1, 0.15) is 13.2 Å². The summed E-state index contributed by atoms with van der Waals surface area (Å²) in [7, 11) is 1.64. The molecule has 0 unspecified atom stereocenters. The first kappa shape index (κ1) is 15.3. The average molecular weight is 315 g/mol. The Morgan fingerprint density at radius 2 is 1.83 bits per heavy atom. The number of fused-ring (bicyclic) bond motifs is 1. The molecule has 0 aromatic heterocycles. The lowest BCUT2D eigenvalue weighted by molar-refractivity contribution is 0.171. The molecular formula is C18H21NO4. The Labute approximate surface area is 136 Å². The van der Waals surface area contributed by atoms with Crippen molar-refractivity contribution in [2.24, 2.45) is 0 Å². The summed E-state index contributed by atoms with van der Waals surface area (Å²) in [5.41, 5.74) is 2.10. The van der Waals surface area contributed by atoms with Gasteiger partial charge in [0.05, 0.1) is 13.7 Å². The maximum Gasteiger partial charge on any atom is 0.163 e. The Kier molecular flexibility index (Phi) is 4.76. The highest BCUT2D eigenvalue weighted by atomic mass is 16.6. The van der Waals surface area contributed by atoms with E-state index in [2.05, 4.69) is 5.32 Å². The topological polar surface area (TPSA) is 49.0 Å². The number of nitrogens with one attached hydrogen (secondary N) is 1. The molecule has 0 aliphatic carbocycles. The van der Waals surface area contributed by atoms with Crippen LogP contribution in [-0.2, 0) is 6.54 Å². The lowest BCUT2D eigenvalue weighted by atomic mass is 10.2. The summed E-state index contributed by atoms with van der Waals surface area (Å²) in [6.45, 7) is 4.44. The van der Waals surface area contributed by atoms with Crippen molar-refractivity contribution in [3.8, 4) is 23.0 Å². The molecule has 5 nitrogen and oxygen atoms in total. The Bertz CT molecular complexity index is 672. The van der Waals surface area contributed by atoms with Gasteiger partial charge in [-0.3, -0.25) is 0 Å². The van der Waals surface area contributed by atoms with Crippen LogP contribution in [0.2, 0.25) is 0 Å². The molecule has 0 bridgehead atoms. The standard InChI is InChI=1S/C18H21NO4/c1-3-21-17-10-13(4-6-15(17)20-2)12-19-14-5-7-16-18(11-14)23-9-8-22-16/h4-7,10-11,19H,3,8-9,12H2,1-2H3. The van der Waals surface area contributed by atoms with Gasteiger partial charge in [0, 0.05) is 18.3 Å². The first-order valence-corrected chi connectivity index (χ1v) is 7.73. The van der Waals surface area contributed by atoms with Gasteiger partial charge >= 0.3 is 0 Å². The van der Waals surface area contributed by atoms with Gasteiger partial charge in [-0.1, -0.05) is 6.07 Å². The minimum absolute atomic E-state index is 0.590. The predicted molar refractivity (Wildman–Crippen MR) is 88.9 cm³/mol. The monoisotopic (exact) mass is 315 g/mol. The zero-order chi connectivity index (χ0) is 16.1. The molecule has 0 radical (unpaired) electrons. The van der Waals surface area contributed by atoms with E-state index in [4.69, 9.17) is 18.9 Å². The molecule has 5 heteroatoms. The summed E-state index contributed by atoms with van der Waals surface area (Å²) in [6, 6.07) is 11.8. The summed E-state index contributed by atoms with van der Waals surface area (Å²) in [4.78, 5) is 0. The fourth-order valence-electron chi connectivity index (χ4n) is 2.46. The molecule has 3 rings (SSSR count). The summed E-state index contributed by atoms with van der Waals surface area (Å²) in [5, 5.41) is 3.39. The third-order valence-corrected chi connectivity index (χ3v) is 3.57. The normalized spacial score (nSPS) is 12.6. The molecule has 0 fully saturated rings. The third kappa shape index (κ3) is 3.62. The Balaban J connectivity index is 1.69. The fourth-order valence-corrected chi connectivity index (χ4v) is 2.46. The molecule has 1 aliphatic heterocycles. The molecule has 122 valence electrons. The van der Waals surface area contributed by atoms with Gasteiger partial charge in [-0.2, -0.15) is 0 Å². The van der Waals surface area contributed by atoms with Gasteiger partial charge < -0.3 is 24.3 Å². The van der Waals surface area contributed by atoms with E-state index in [0.717, 1.165) is 34.2 Å². The van der Waals surface area contributed by atoms with E-state index in [1.807, 2.05) is 43.3 Å². The van der Waals surface area contributed by atoms with Gasteiger partial charge in [0.15, 0.2) is 23.0 Å². The van der Waals surface area contributed by atoms with E-state index >= 15 is 0 Å². The Morgan fingerprint density at radius 1 is 1.00 bits per heavy atom. The summed E-state index contributed by atoms with van der Waals surface area (Å²) < 4.78 is 22.0. The fraction of sp³-hybridized carbons (Fsp3) is 0.333. The first-order chi connectivity index (χ1) is 11.3. The zero-order valence-corrected chi connectivity index (χ0v) is 13.4. The van der Waals surface area contributed by atoms with Crippen molar-refractivity contribution in [2.75, 3.05) is 32.2 Å². The zero-order valence-electron chi connectivity index (χ0n) is 13.4. The summed E-state index contributed by atoms with van der Waals surface area (Å²) in [5.74, 6) is 3.09. The minimum Gasteiger partial charge on any atom is -0.493 e. The van der Waals surface area contributed by atoms with Crippen LogP contribution < -0.4 is 24.3 Å². The molecule has 2 aromatic carbocycles. The lowest BCUT2D eigenvalue weighted by Crippen LogP contribution is -2.15. The SMILES string of the molecule is CCOc1cc(CNc2ccc3c(c2)OCCO3)ccc1OC. The number of anilines is 1. The van der Waals surface area contributed by atoms with Crippen molar-refractivity contribution < 1.29 is 18.9 Å². The van der Waals surface area contributed by atoms with E-state index in [1.165, 1.54) is 0 Å². The van der Waals surface area contributed by atoms with Crippen LogP contribution in [0.5, 0.6) is 23.0 Å². The smallest absolute Gasteiger partial charge is 0.163 e. The molecule has 1 N–H and O–H groups in total. The number of hydrogen-bond acceptors (Lipinski definition) is 5. The molecule has 23 heavy (non-hydrogen) atoms. The molecule has 0 atom stereocenters. The molecule has 2 aromatic rings. The van der Waals surface area contributed by atoms with Crippen molar-refractivity contribution in [3.05, 3.63) is 42.0 Å². The van der Waals surface area contributed by atoms with E-state index < -0.39 is 0 Å². The largest absolute Gasteiger partial charge is 0.493 e. The molecule has 0 saturated carbocycles. The minimum atomic E-state index is 0.590. The molecule has 0 amide bonds. The Morgan fingerprint density at radius 3 is 2.61 bits per heavy atom. The van der Waals surface area contributed by atoms with Gasteiger partial charge in [-0.05, 0) is 36.8 Å². The second-order valence-corrected chi connectivity index (χ2v) is 5.13. The van der Waals surface area contributed by atoms with Crippen LogP contribution in [0, 0.1) is 0 Å². The number of methoxy groups -OCH3 is 1. The first-order valence-electron chi connectivity index (χ1n) is 7.73. The van der Waals surface area contributed by atoms with E-state index in [-0.39, 0.29) is 0 Å². The maximum atomic E-state index is 5.61. The highest BCUT2D eigenvalue weighted by Gasteiger charge is 2.11. The number of hydrogen-bond donors (Lipinski definition) is 1. The third-order valence-electron chi connectivity index (χ3n) is 3.57. The highest BCUT2D eigenvalue weighted by molar-refractivity contribution is 5.55. The van der Waals surface area contributed by atoms with E-state index in [0.29, 0.717) is 26.4 Å². The van der Waals surface area contributed by atoms with Crippen molar-refractivity contribution in [1.29, 1.82) is 0 Å². The predicted octanol–water partition coefficient (Wildman–Crippen LogP) is 3.48. The summed E-state index contributed by atoms with van der Waals surface area (Å²) >= 11 is 0. The van der Waals surface area contributed by atoms with Crippen LogP contribution in [0.4, 0.5) is 5.69 Å².